The van der Waals surface area contributed by atoms with Crippen molar-refractivity contribution in [1.29, 1.82) is 0 Å². The summed E-state index contributed by atoms with van der Waals surface area (Å²) >= 11 is 0. The van der Waals surface area contributed by atoms with Crippen molar-refractivity contribution in [2.75, 3.05) is 40.8 Å². The second-order valence-corrected chi connectivity index (χ2v) is 16.3. The molecule has 3 heterocycles. The summed E-state index contributed by atoms with van der Waals surface area (Å²) in [4.78, 5) is 30.4. The van der Waals surface area contributed by atoms with Gasteiger partial charge in [0.05, 0.1) is 25.4 Å². The zero-order valence-corrected chi connectivity index (χ0v) is 24.0. The van der Waals surface area contributed by atoms with Crippen molar-refractivity contribution in [2.45, 2.75) is 70.5 Å². The van der Waals surface area contributed by atoms with Crippen molar-refractivity contribution >= 4 is 31.8 Å². The van der Waals surface area contributed by atoms with Gasteiger partial charge in [-0.3, -0.25) is 18.8 Å². The summed E-state index contributed by atoms with van der Waals surface area (Å²) in [5.74, 6) is 0.323. The lowest BCUT2D eigenvalue weighted by Crippen LogP contribution is -2.52. The lowest BCUT2D eigenvalue weighted by atomic mass is 10.3. The number of likely N-dealkylation sites (N-methyl/N-ethyl adjacent to an activating group) is 1. The number of aromatic nitrogens is 4. The molecule has 35 heavy (non-hydrogen) atoms. The second-order valence-electron chi connectivity index (χ2n) is 10.9. The maximum Gasteiger partial charge on any atom is 0.282 e. The first-order valence-corrected chi connectivity index (χ1v) is 14.6. The van der Waals surface area contributed by atoms with Crippen LogP contribution in [-0.2, 0) is 16.2 Å². The van der Waals surface area contributed by atoms with E-state index in [-0.39, 0.29) is 17.9 Å². The van der Waals surface area contributed by atoms with Crippen LogP contribution in [0.2, 0.25) is 16.6 Å². The van der Waals surface area contributed by atoms with Crippen LogP contribution >= 0.6 is 0 Å². The number of rotatable bonds is 9. The number of nitrogens with zero attached hydrogens (tertiary/aromatic N) is 7. The summed E-state index contributed by atoms with van der Waals surface area (Å²) < 4.78 is 16.6. The molecular formula is C24H43N7O3Si. The first-order valence-electron chi connectivity index (χ1n) is 12.5. The maximum atomic E-state index is 12.9. The van der Waals surface area contributed by atoms with Gasteiger partial charge in [-0.15, -0.1) is 0 Å². The SMILES string of the molecule is CC(C)[Si](OCC1CN(C)CC(n2cnc3c(=O)n(C)c(N=CN(C)C)nc32)O1)(C(C)C)C(C)C. The molecule has 0 saturated carbocycles. The largest absolute Gasteiger partial charge is 0.413 e. The third-order valence-corrected chi connectivity index (χ3v) is 13.1. The Morgan fingerprint density at radius 3 is 2.37 bits per heavy atom. The van der Waals surface area contributed by atoms with E-state index >= 15 is 0 Å². The quantitative estimate of drug-likeness (QED) is 0.293. The van der Waals surface area contributed by atoms with Gasteiger partial charge in [-0.1, -0.05) is 41.5 Å². The van der Waals surface area contributed by atoms with Gasteiger partial charge < -0.3 is 14.1 Å². The highest BCUT2D eigenvalue weighted by Crippen LogP contribution is 2.42. The third-order valence-electron chi connectivity index (χ3n) is 7.05. The molecule has 0 bridgehead atoms. The van der Waals surface area contributed by atoms with Crippen LogP contribution in [0.5, 0.6) is 0 Å². The van der Waals surface area contributed by atoms with E-state index in [0.717, 1.165) is 6.54 Å². The van der Waals surface area contributed by atoms with Crippen LogP contribution in [0.15, 0.2) is 16.1 Å². The first kappa shape index (κ1) is 27.5. The number of aliphatic imine (C=N–C) groups is 1. The summed E-state index contributed by atoms with van der Waals surface area (Å²) in [6, 6.07) is 0. The Bertz CT molecular complexity index is 1070. The second kappa shape index (κ2) is 10.9. The first-order chi connectivity index (χ1) is 16.4. The van der Waals surface area contributed by atoms with E-state index in [9.17, 15) is 4.79 Å². The molecule has 2 atom stereocenters. The Labute approximate surface area is 210 Å². The molecule has 2 aromatic heterocycles. The summed E-state index contributed by atoms with van der Waals surface area (Å²) in [5, 5.41) is 0. The summed E-state index contributed by atoms with van der Waals surface area (Å²) in [6.07, 6.45) is 2.86. The number of fused-ring (bicyclic) bond motifs is 1. The van der Waals surface area contributed by atoms with E-state index < -0.39 is 8.32 Å². The summed E-state index contributed by atoms with van der Waals surface area (Å²) in [5.41, 5.74) is 2.10. The number of ether oxygens (including phenoxy) is 1. The predicted molar refractivity (Wildman–Crippen MR) is 143 cm³/mol. The molecule has 0 aromatic carbocycles. The van der Waals surface area contributed by atoms with Crippen LogP contribution in [-0.4, -0.2) is 90.5 Å². The molecule has 3 rings (SSSR count). The van der Waals surface area contributed by atoms with E-state index in [1.807, 2.05) is 18.7 Å². The number of hydrogen-bond donors (Lipinski definition) is 0. The molecule has 1 aliphatic heterocycles. The van der Waals surface area contributed by atoms with E-state index in [1.54, 1.807) is 24.6 Å². The van der Waals surface area contributed by atoms with Gasteiger partial charge in [0, 0.05) is 34.2 Å². The van der Waals surface area contributed by atoms with Crippen LogP contribution in [0.3, 0.4) is 0 Å². The molecule has 196 valence electrons. The van der Waals surface area contributed by atoms with Crippen LogP contribution in [0, 0.1) is 0 Å². The fourth-order valence-corrected chi connectivity index (χ4v) is 11.0. The minimum atomic E-state index is -2.00. The zero-order valence-electron chi connectivity index (χ0n) is 23.0. The van der Waals surface area contributed by atoms with Crippen LogP contribution in [0.4, 0.5) is 5.95 Å². The van der Waals surface area contributed by atoms with Crippen molar-refractivity contribution < 1.29 is 9.16 Å². The van der Waals surface area contributed by atoms with E-state index in [0.29, 0.717) is 46.9 Å². The van der Waals surface area contributed by atoms with Gasteiger partial charge in [-0.2, -0.15) is 4.98 Å². The topological polar surface area (TPSA) is 90.0 Å². The van der Waals surface area contributed by atoms with E-state index in [4.69, 9.17) is 9.16 Å². The lowest BCUT2D eigenvalue weighted by Gasteiger charge is -2.44. The third kappa shape index (κ3) is 5.52. The average Bonchev–Trinajstić information content (AvgIpc) is 3.18. The highest BCUT2D eigenvalue weighted by atomic mass is 28.4. The maximum absolute atomic E-state index is 12.9. The Kier molecular flexibility index (Phi) is 8.56. The Morgan fingerprint density at radius 1 is 1.17 bits per heavy atom. The molecule has 2 unspecified atom stereocenters. The molecular weight excluding hydrogens is 462 g/mol. The smallest absolute Gasteiger partial charge is 0.282 e. The molecule has 10 nitrogen and oxygen atoms in total. The van der Waals surface area contributed by atoms with Crippen molar-refractivity contribution in [2.24, 2.45) is 12.0 Å². The Balaban J connectivity index is 1.89. The van der Waals surface area contributed by atoms with Crippen molar-refractivity contribution in [1.82, 2.24) is 28.9 Å². The number of morpholine rings is 1. The normalized spacial score (nSPS) is 20.3. The van der Waals surface area contributed by atoms with Crippen LogP contribution in [0.1, 0.15) is 47.8 Å². The van der Waals surface area contributed by atoms with Gasteiger partial charge in [-0.25, -0.2) is 9.98 Å². The van der Waals surface area contributed by atoms with Gasteiger partial charge in [0.2, 0.25) is 5.95 Å². The summed E-state index contributed by atoms with van der Waals surface area (Å²) in [6.45, 7) is 15.8. The number of imidazole rings is 1. The Hall–Kier alpha value is -2.08. The standard InChI is InChI=1S/C24H43N7O3Si/c1-16(2)35(17(3)4,18(5)6)33-13-19-11-29(9)12-20(34-19)31-15-25-21-22(31)27-24(26-14-28(7)8)30(10)23(21)32/h14-20H,11-13H2,1-10H3. The molecule has 0 N–H and O–H groups in total. The molecule has 0 spiro atoms. The predicted octanol–water partition coefficient (Wildman–Crippen LogP) is 3.37. The van der Waals surface area contributed by atoms with E-state index in [1.165, 1.54) is 4.57 Å². The average molecular weight is 506 g/mol. The van der Waals surface area contributed by atoms with Gasteiger partial charge in [0.25, 0.3) is 5.56 Å². The monoisotopic (exact) mass is 505 g/mol. The molecule has 0 amide bonds. The van der Waals surface area contributed by atoms with Crippen molar-refractivity contribution in [3.63, 3.8) is 0 Å². The molecule has 0 aliphatic carbocycles. The zero-order chi connectivity index (χ0) is 26.1. The fraction of sp³-hybridized carbons (Fsp3) is 0.750. The van der Waals surface area contributed by atoms with Gasteiger partial charge in [-0.05, 0) is 23.7 Å². The fourth-order valence-electron chi connectivity index (χ4n) is 5.51. The highest BCUT2D eigenvalue weighted by molar-refractivity contribution is 6.77. The highest BCUT2D eigenvalue weighted by Gasteiger charge is 2.45. The van der Waals surface area contributed by atoms with Gasteiger partial charge in [0.1, 0.15) is 6.23 Å². The Morgan fingerprint density at radius 2 is 1.80 bits per heavy atom. The summed E-state index contributed by atoms with van der Waals surface area (Å²) in [7, 11) is 5.48. The van der Waals surface area contributed by atoms with Gasteiger partial charge >= 0.3 is 0 Å². The molecule has 11 heteroatoms. The van der Waals surface area contributed by atoms with Crippen LogP contribution in [0.25, 0.3) is 11.2 Å². The van der Waals surface area contributed by atoms with Crippen molar-refractivity contribution in [3.8, 4) is 0 Å². The van der Waals surface area contributed by atoms with E-state index in [2.05, 4.69) is 68.5 Å². The number of hydrogen-bond acceptors (Lipinski definition) is 7. The molecule has 0 radical (unpaired) electrons. The molecule has 2 aromatic rings. The van der Waals surface area contributed by atoms with Crippen molar-refractivity contribution in [3.05, 3.63) is 16.7 Å². The molecule has 1 aliphatic rings. The lowest BCUT2D eigenvalue weighted by molar-refractivity contribution is -0.126. The van der Waals surface area contributed by atoms with Gasteiger partial charge in [0.15, 0.2) is 19.5 Å². The molecule has 1 fully saturated rings. The molecule has 1 saturated heterocycles. The minimum absolute atomic E-state index is 0.0860. The minimum Gasteiger partial charge on any atom is -0.413 e. The van der Waals surface area contributed by atoms with Crippen LogP contribution < -0.4 is 5.56 Å².